The number of hydrogen-bond acceptors (Lipinski definition) is 4. The Kier molecular flexibility index (Phi) is 6.45. The zero-order valence-corrected chi connectivity index (χ0v) is 16.2. The van der Waals surface area contributed by atoms with Crippen molar-refractivity contribution in [3.63, 3.8) is 0 Å². The first-order valence-corrected chi connectivity index (χ1v) is 9.64. The lowest BCUT2D eigenvalue weighted by molar-refractivity contribution is -0.126. The van der Waals surface area contributed by atoms with E-state index in [4.69, 9.17) is 4.42 Å². The van der Waals surface area contributed by atoms with Gasteiger partial charge in [0.05, 0.1) is 6.26 Å². The normalized spacial score (nSPS) is 17.6. The maximum absolute atomic E-state index is 12.3. The van der Waals surface area contributed by atoms with Gasteiger partial charge in [0.25, 0.3) is 11.7 Å². The maximum atomic E-state index is 12.3. The van der Waals surface area contributed by atoms with Crippen molar-refractivity contribution < 1.29 is 14.0 Å². The first-order chi connectivity index (χ1) is 13.0. The van der Waals surface area contributed by atoms with Crippen molar-refractivity contribution in [3.8, 4) is 0 Å². The minimum absolute atomic E-state index is 0.107. The van der Waals surface area contributed by atoms with Crippen molar-refractivity contribution in [2.45, 2.75) is 26.2 Å². The highest BCUT2D eigenvalue weighted by molar-refractivity contribution is 6.41. The number of ketones is 1. The van der Waals surface area contributed by atoms with E-state index in [2.05, 4.69) is 36.1 Å². The third-order valence-electron chi connectivity index (χ3n) is 5.38. The van der Waals surface area contributed by atoms with E-state index in [0.717, 1.165) is 38.9 Å². The minimum atomic E-state index is -0.574. The zero-order chi connectivity index (χ0) is 19.2. The number of rotatable bonds is 7. The molecule has 27 heavy (non-hydrogen) atoms. The van der Waals surface area contributed by atoms with E-state index >= 15 is 0 Å². The quantitative estimate of drug-likeness (QED) is 0.556. The van der Waals surface area contributed by atoms with Gasteiger partial charge in [-0.05, 0) is 61.9 Å². The Labute approximate surface area is 160 Å². The van der Waals surface area contributed by atoms with Crippen molar-refractivity contribution >= 4 is 11.7 Å². The van der Waals surface area contributed by atoms with E-state index in [1.165, 1.54) is 23.5 Å². The second-order valence-corrected chi connectivity index (χ2v) is 7.48. The van der Waals surface area contributed by atoms with Crippen LogP contribution in [0.5, 0.6) is 0 Å². The largest absolute Gasteiger partial charge is 0.461 e. The molecule has 5 nitrogen and oxygen atoms in total. The van der Waals surface area contributed by atoms with Crippen LogP contribution in [0.3, 0.4) is 0 Å². The lowest BCUT2D eigenvalue weighted by atomic mass is 9.96. The summed E-state index contributed by atoms with van der Waals surface area (Å²) in [5.74, 6) is -0.568. The molecule has 0 aliphatic carbocycles. The zero-order valence-electron chi connectivity index (χ0n) is 16.2. The number of furan rings is 1. The molecular weight excluding hydrogens is 340 g/mol. The molecule has 0 N–H and O–H groups in total. The Bertz CT molecular complexity index is 770. The lowest BCUT2D eigenvalue weighted by Gasteiger charge is -2.34. The molecule has 0 spiro atoms. The van der Waals surface area contributed by atoms with Gasteiger partial charge in [-0.15, -0.1) is 0 Å². The highest BCUT2D eigenvalue weighted by Crippen LogP contribution is 2.19. The number of aryl methyl sites for hydroxylation is 1. The minimum Gasteiger partial charge on any atom is -0.461 e. The molecule has 3 rings (SSSR count). The van der Waals surface area contributed by atoms with Gasteiger partial charge in [-0.2, -0.15) is 0 Å². The fourth-order valence-electron chi connectivity index (χ4n) is 3.83. The van der Waals surface area contributed by atoms with Crippen LogP contribution in [0.2, 0.25) is 0 Å². The monoisotopic (exact) mass is 368 g/mol. The molecule has 5 heteroatoms. The fraction of sp³-hybridized carbons (Fsp3) is 0.455. The number of nitrogens with zero attached hydrogens (tertiary/aromatic N) is 2. The standard InChI is InChI=1S/C22H28N2O3/c1-17-7-3-4-9-19(17)11-13-24-12-5-8-18(16-24)15-23(2)22(26)21(25)20-10-6-14-27-20/h3-4,6-7,9-10,14,18H,5,8,11-13,15-16H2,1-2H3/t18-/m1/s1. The number of carbonyl (C=O) groups is 2. The summed E-state index contributed by atoms with van der Waals surface area (Å²) in [5, 5.41) is 0. The molecule has 2 heterocycles. The smallest absolute Gasteiger partial charge is 0.298 e. The van der Waals surface area contributed by atoms with Gasteiger partial charge in [0.15, 0.2) is 5.76 Å². The molecule has 1 amide bonds. The number of Topliss-reactive ketones (excluding diaryl/α,β-unsaturated/α-hetero) is 1. The van der Waals surface area contributed by atoms with Gasteiger partial charge in [-0.1, -0.05) is 24.3 Å². The summed E-state index contributed by atoms with van der Waals surface area (Å²) in [6, 6.07) is 11.7. The summed E-state index contributed by atoms with van der Waals surface area (Å²) >= 11 is 0. The summed E-state index contributed by atoms with van der Waals surface area (Å²) in [6.45, 7) is 5.87. The van der Waals surface area contributed by atoms with Crippen LogP contribution in [0.1, 0.15) is 34.5 Å². The Morgan fingerprint density at radius 2 is 2.04 bits per heavy atom. The van der Waals surface area contributed by atoms with E-state index < -0.39 is 11.7 Å². The predicted molar refractivity (Wildman–Crippen MR) is 105 cm³/mol. The predicted octanol–water partition coefficient (Wildman–Crippen LogP) is 3.18. The van der Waals surface area contributed by atoms with E-state index in [1.807, 2.05) is 0 Å². The van der Waals surface area contributed by atoms with Crippen molar-refractivity contribution in [1.29, 1.82) is 0 Å². The Hall–Kier alpha value is -2.40. The van der Waals surface area contributed by atoms with Crippen LogP contribution in [-0.4, -0.2) is 54.7 Å². The molecule has 0 unspecified atom stereocenters. The average Bonchev–Trinajstić information content (AvgIpc) is 3.21. The SMILES string of the molecule is Cc1ccccc1CCN1CCC[C@H](CN(C)C(=O)C(=O)c2ccco2)C1. The van der Waals surface area contributed by atoms with Crippen molar-refractivity contribution in [2.24, 2.45) is 5.92 Å². The molecule has 0 radical (unpaired) electrons. The van der Waals surface area contributed by atoms with Gasteiger partial charge in [0.2, 0.25) is 0 Å². The molecule has 144 valence electrons. The van der Waals surface area contributed by atoms with Crippen LogP contribution >= 0.6 is 0 Å². The van der Waals surface area contributed by atoms with Crippen molar-refractivity contribution in [1.82, 2.24) is 9.80 Å². The molecule has 1 fully saturated rings. The molecule has 0 saturated carbocycles. The van der Waals surface area contributed by atoms with Crippen LogP contribution in [0.15, 0.2) is 47.1 Å². The Morgan fingerprint density at radius 3 is 2.78 bits per heavy atom. The number of likely N-dealkylation sites (tertiary alicyclic amines) is 1. The third-order valence-corrected chi connectivity index (χ3v) is 5.38. The summed E-state index contributed by atoms with van der Waals surface area (Å²) in [6.07, 6.45) is 4.68. The topological polar surface area (TPSA) is 53.8 Å². The van der Waals surface area contributed by atoms with Gasteiger partial charge in [0.1, 0.15) is 0 Å². The van der Waals surface area contributed by atoms with Gasteiger partial charge < -0.3 is 14.2 Å². The van der Waals surface area contributed by atoms with E-state index in [-0.39, 0.29) is 5.76 Å². The van der Waals surface area contributed by atoms with Gasteiger partial charge >= 0.3 is 0 Å². The van der Waals surface area contributed by atoms with Crippen LogP contribution in [0, 0.1) is 12.8 Å². The van der Waals surface area contributed by atoms with Crippen LogP contribution < -0.4 is 0 Å². The molecule has 1 atom stereocenters. The highest BCUT2D eigenvalue weighted by Gasteiger charge is 2.27. The fourth-order valence-corrected chi connectivity index (χ4v) is 3.83. The molecule has 1 aliphatic heterocycles. The average molecular weight is 368 g/mol. The second-order valence-electron chi connectivity index (χ2n) is 7.48. The summed E-state index contributed by atoms with van der Waals surface area (Å²) in [4.78, 5) is 28.5. The molecule has 1 saturated heterocycles. The second kappa shape index (κ2) is 9.00. The number of hydrogen-bond donors (Lipinski definition) is 0. The number of piperidine rings is 1. The maximum Gasteiger partial charge on any atom is 0.298 e. The van der Waals surface area contributed by atoms with Crippen LogP contribution in [-0.2, 0) is 11.2 Å². The molecule has 1 aliphatic rings. The number of carbonyl (C=O) groups excluding carboxylic acids is 2. The number of benzene rings is 1. The van der Waals surface area contributed by atoms with E-state index in [0.29, 0.717) is 12.5 Å². The molecule has 1 aromatic carbocycles. The Morgan fingerprint density at radius 1 is 1.22 bits per heavy atom. The molecular formula is C22H28N2O3. The number of amides is 1. The van der Waals surface area contributed by atoms with E-state index in [1.54, 1.807) is 18.0 Å². The van der Waals surface area contributed by atoms with E-state index in [9.17, 15) is 9.59 Å². The summed E-state index contributed by atoms with van der Waals surface area (Å²) in [5.41, 5.74) is 2.74. The van der Waals surface area contributed by atoms with Gasteiger partial charge in [-0.25, -0.2) is 0 Å². The van der Waals surface area contributed by atoms with Crippen LogP contribution in [0.4, 0.5) is 0 Å². The van der Waals surface area contributed by atoms with Crippen molar-refractivity contribution in [3.05, 3.63) is 59.5 Å². The van der Waals surface area contributed by atoms with Gasteiger partial charge in [-0.3, -0.25) is 9.59 Å². The highest BCUT2D eigenvalue weighted by atomic mass is 16.3. The molecule has 0 bridgehead atoms. The first-order valence-electron chi connectivity index (χ1n) is 9.64. The summed E-state index contributed by atoms with van der Waals surface area (Å²) in [7, 11) is 1.70. The lowest BCUT2D eigenvalue weighted by Crippen LogP contribution is -2.43. The first kappa shape index (κ1) is 19.4. The summed E-state index contributed by atoms with van der Waals surface area (Å²) < 4.78 is 5.05. The van der Waals surface area contributed by atoms with Crippen LogP contribution in [0.25, 0.3) is 0 Å². The Balaban J connectivity index is 1.49. The molecule has 2 aromatic rings. The van der Waals surface area contributed by atoms with Crippen molar-refractivity contribution in [2.75, 3.05) is 33.2 Å². The van der Waals surface area contributed by atoms with Gasteiger partial charge in [0, 0.05) is 26.7 Å². The molecule has 1 aromatic heterocycles. The third kappa shape index (κ3) is 5.07. The number of likely N-dealkylation sites (N-methyl/N-ethyl adjacent to an activating group) is 1.